The Morgan fingerprint density at radius 1 is 0.833 bits per heavy atom. The van der Waals surface area contributed by atoms with E-state index in [1.807, 2.05) is 12.1 Å². The summed E-state index contributed by atoms with van der Waals surface area (Å²) in [5, 5.41) is 0. The SMILES string of the molecule is CNS(=O)(=O)c1cccc(S(=O)(=O)Nc2ccc3c(c2)CCC3)c1. The lowest BCUT2D eigenvalue weighted by Gasteiger charge is -2.11. The Morgan fingerprint density at radius 3 is 2.21 bits per heavy atom. The van der Waals surface area contributed by atoms with Crippen LogP contribution >= 0.6 is 0 Å². The lowest BCUT2D eigenvalue weighted by molar-refractivity contribution is 0.588. The number of benzene rings is 2. The standard InChI is InChI=1S/C16H18N2O4S2/c1-17-23(19,20)15-6-3-7-16(11-15)24(21,22)18-14-9-8-12-4-2-5-13(12)10-14/h3,6-11,17-18H,2,4-5H2,1H3. The highest BCUT2D eigenvalue weighted by molar-refractivity contribution is 7.93. The first kappa shape index (κ1) is 16.9. The van der Waals surface area contributed by atoms with Gasteiger partial charge in [0.1, 0.15) is 0 Å². The van der Waals surface area contributed by atoms with Crippen LogP contribution in [0.3, 0.4) is 0 Å². The van der Waals surface area contributed by atoms with Crippen LogP contribution in [0.2, 0.25) is 0 Å². The maximum absolute atomic E-state index is 12.5. The molecular weight excluding hydrogens is 348 g/mol. The summed E-state index contributed by atoms with van der Waals surface area (Å²) in [6, 6.07) is 10.8. The summed E-state index contributed by atoms with van der Waals surface area (Å²) in [5.41, 5.74) is 2.89. The topological polar surface area (TPSA) is 92.3 Å². The zero-order chi connectivity index (χ0) is 17.4. The Bertz CT molecular complexity index is 983. The summed E-state index contributed by atoms with van der Waals surface area (Å²) in [6.45, 7) is 0. The molecule has 0 aliphatic heterocycles. The Morgan fingerprint density at radius 2 is 1.50 bits per heavy atom. The van der Waals surface area contributed by atoms with Crippen molar-refractivity contribution in [2.24, 2.45) is 0 Å². The monoisotopic (exact) mass is 366 g/mol. The molecule has 0 saturated carbocycles. The smallest absolute Gasteiger partial charge is 0.261 e. The largest absolute Gasteiger partial charge is 0.280 e. The lowest BCUT2D eigenvalue weighted by atomic mass is 10.1. The van der Waals surface area contributed by atoms with Crippen LogP contribution in [0.15, 0.2) is 52.3 Å². The van der Waals surface area contributed by atoms with Crippen LogP contribution in [0.5, 0.6) is 0 Å². The molecule has 0 bridgehead atoms. The van der Waals surface area contributed by atoms with Crippen molar-refractivity contribution in [3.8, 4) is 0 Å². The highest BCUT2D eigenvalue weighted by Crippen LogP contribution is 2.26. The molecule has 8 heteroatoms. The number of anilines is 1. The van der Waals surface area contributed by atoms with Gasteiger partial charge in [0.05, 0.1) is 9.79 Å². The number of hydrogen-bond acceptors (Lipinski definition) is 4. The van der Waals surface area contributed by atoms with Crippen LogP contribution < -0.4 is 9.44 Å². The van der Waals surface area contributed by atoms with Gasteiger partial charge in [0, 0.05) is 5.69 Å². The molecule has 0 saturated heterocycles. The Hall–Kier alpha value is -1.90. The third-order valence-corrected chi connectivity index (χ3v) is 6.84. The average Bonchev–Trinajstić information content (AvgIpc) is 3.02. The molecule has 0 aromatic heterocycles. The van der Waals surface area contributed by atoms with Crippen molar-refractivity contribution in [1.82, 2.24) is 4.72 Å². The average molecular weight is 366 g/mol. The van der Waals surface area contributed by atoms with E-state index in [-0.39, 0.29) is 9.79 Å². The van der Waals surface area contributed by atoms with Gasteiger partial charge < -0.3 is 0 Å². The van der Waals surface area contributed by atoms with E-state index in [0.29, 0.717) is 5.69 Å². The molecule has 6 nitrogen and oxygen atoms in total. The highest BCUT2D eigenvalue weighted by atomic mass is 32.2. The second-order valence-corrected chi connectivity index (χ2v) is 9.19. The first-order valence-corrected chi connectivity index (χ1v) is 10.5. The van der Waals surface area contributed by atoms with Crippen molar-refractivity contribution in [1.29, 1.82) is 0 Å². The molecule has 1 aliphatic carbocycles. The van der Waals surface area contributed by atoms with Crippen molar-refractivity contribution in [2.45, 2.75) is 29.1 Å². The molecule has 0 radical (unpaired) electrons. The van der Waals surface area contributed by atoms with Gasteiger partial charge in [-0.3, -0.25) is 4.72 Å². The fourth-order valence-electron chi connectivity index (χ4n) is 2.78. The lowest BCUT2D eigenvalue weighted by Crippen LogP contribution is -2.19. The molecule has 2 aromatic rings. The van der Waals surface area contributed by atoms with E-state index in [9.17, 15) is 16.8 Å². The Balaban J connectivity index is 1.92. The molecular formula is C16H18N2O4S2. The van der Waals surface area contributed by atoms with Gasteiger partial charge in [-0.15, -0.1) is 0 Å². The molecule has 3 rings (SSSR count). The maximum atomic E-state index is 12.5. The number of rotatable bonds is 5. The minimum absolute atomic E-state index is 0.0955. The summed E-state index contributed by atoms with van der Waals surface area (Å²) in [6.07, 6.45) is 3.04. The summed E-state index contributed by atoms with van der Waals surface area (Å²) in [7, 11) is -6.29. The molecule has 0 atom stereocenters. The van der Waals surface area contributed by atoms with E-state index in [4.69, 9.17) is 0 Å². The van der Waals surface area contributed by atoms with E-state index < -0.39 is 20.0 Å². The van der Waals surface area contributed by atoms with E-state index in [1.165, 1.54) is 30.8 Å². The maximum Gasteiger partial charge on any atom is 0.261 e. The number of nitrogens with one attached hydrogen (secondary N) is 2. The molecule has 1 aliphatic rings. The third-order valence-electron chi connectivity index (χ3n) is 4.05. The van der Waals surface area contributed by atoms with Gasteiger partial charge in [0.2, 0.25) is 10.0 Å². The fourth-order valence-corrected chi connectivity index (χ4v) is 4.72. The molecule has 2 aromatic carbocycles. The molecule has 0 heterocycles. The Labute approximate surface area is 142 Å². The number of hydrogen-bond donors (Lipinski definition) is 2. The molecule has 0 amide bonds. The van der Waals surface area contributed by atoms with Crippen molar-refractivity contribution < 1.29 is 16.8 Å². The predicted molar refractivity (Wildman–Crippen MR) is 92.0 cm³/mol. The third kappa shape index (κ3) is 3.31. The zero-order valence-electron chi connectivity index (χ0n) is 13.1. The van der Waals surface area contributed by atoms with Crippen LogP contribution in [0.1, 0.15) is 17.5 Å². The second kappa shape index (κ2) is 6.19. The molecule has 0 unspecified atom stereocenters. The van der Waals surface area contributed by atoms with Gasteiger partial charge in [-0.1, -0.05) is 12.1 Å². The zero-order valence-corrected chi connectivity index (χ0v) is 14.7. The van der Waals surface area contributed by atoms with Crippen LogP contribution in [0, 0.1) is 0 Å². The molecule has 128 valence electrons. The number of fused-ring (bicyclic) bond motifs is 1. The van der Waals surface area contributed by atoms with Crippen LogP contribution in [-0.2, 0) is 32.9 Å². The van der Waals surface area contributed by atoms with Gasteiger partial charge in [0.25, 0.3) is 10.0 Å². The van der Waals surface area contributed by atoms with Crippen molar-refractivity contribution in [3.63, 3.8) is 0 Å². The summed E-state index contributed by atoms with van der Waals surface area (Å²) < 4.78 is 53.5. The van der Waals surface area contributed by atoms with E-state index in [2.05, 4.69) is 9.44 Å². The summed E-state index contributed by atoms with van der Waals surface area (Å²) >= 11 is 0. The van der Waals surface area contributed by atoms with Gasteiger partial charge >= 0.3 is 0 Å². The van der Waals surface area contributed by atoms with Crippen LogP contribution in [0.4, 0.5) is 5.69 Å². The highest BCUT2D eigenvalue weighted by Gasteiger charge is 2.19. The van der Waals surface area contributed by atoms with Crippen molar-refractivity contribution in [2.75, 3.05) is 11.8 Å². The quantitative estimate of drug-likeness (QED) is 0.845. The summed E-state index contributed by atoms with van der Waals surface area (Å²) in [4.78, 5) is -0.193. The first-order chi connectivity index (χ1) is 11.3. The van der Waals surface area contributed by atoms with Crippen molar-refractivity contribution in [3.05, 3.63) is 53.6 Å². The Kier molecular flexibility index (Phi) is 4.37. The van der Waals surface area contributed by atoms with Crippen LogP contribution in [-0.4, -0.2) is 23.9 Å². The first-order valence-electron chi connectivity index (χ1n) is 7.50. The van der Waals surface area contributed by atoms with Crippen LogP contribution in [0.25, 0.3) is 0 Å². The summed E-state index contributed by atoms with van der Waals surface area (Å²) in [5.74, 6) is 0. The number of aryl methyl sites for hydroxylation is 2. The molecule has 2 N–H and O–H groups in total. The molecule has 0 fully saturated rings. The van der Waals surface area contributed by atoms with Gasteiger partial charge in [0.15, 0.2) is 0 Å². The number of sulfonamides is 2. The molecule has 0 spiro atoms. The minimum Gasteiger partial charge on any atom is -0.280 e. The normalized spacial score (nSPS) is 14.4. The van der Waals surface area contributed by atoms with Crippen molar-refractivity contribution >= 4 is 25.7 Å². The molecule has 24 heavy (non-hydrogen) atoms. The fraction of sp³-hybridized carbons (Fsp3) is 0.250. The van der Waals surface area contributed by atoms with E-state index in [0.717, 1.165) is 30.9 Å². The van der Waals surface area contributed by atoms with E-state index >= 15 is 0 Å². The van der Waals surface area contributed by atoms with E-state index in [1.54, 1.807) is 6.07 Å². The van der Waals surface area contributed by atoms with Gasteiger partial charge in [-0.25, -0.2) is 21.6 Å². The minimum atomic E-state index is -3.86. The van der Waals surface area contributed by atoms with Gasteiger partial charge in [-0.2, -0.15) is 0 Å². The van der Waals surface area contributed by atoms with Gasteiger partial charge in [-0.05, 0) is 67.8 Å². The predicted octanol–water partition coefficient (Wildman–Crippen LogP) is 1.88. The second-order valence-electron chi connectivity index (χ2n) is 5.62.